The van der Waals surface area contributed by atoms with Gasteiger partial charge < -0.3 is 10.1 Å². The first-order valence-corrected chi connectivity index (χ1v) is 8.27. The lowest BCUT2D eigenvalue weighted by Crippen LogP contribution is -2.13. The van der Waals surface area contributed by atoms with Crippen LogP contribution in [0.3, 0.4) is 0 Å². The summed E-state index contributed by atoms with van der Waals surface area (Å²) < 4.78 is 6.61. The molecule has 0 bridgehead atoms. The summed E-state index contributed by atoms with van der Waals surface area (Å²) in [6.45, 7) is 3.94. The minimum absolute atomic E-state index is 0.590. The average Bonchev–Trinajstić information content (AvgIpc) is 2.44. The highest BCUT2D eigenvalue weighted by molar-refractivity contribution is 9.10. The zero-order valence-electron chi connectivity index (χ0n) is 11.6. The number of rotatable bonds is 6. The zero-order valence-corrected chi connectivity index (χ0v) is 14.7. The number of ether oxygens (including phenoxy) is 1. The SMILES string of the molecule is CCCNCc1ccc(Oc2ccc(Cl)cc2Br)c(Cl)c1. The van der Waals surface area contributed by atoms with Gasteiger partial charge in [-0.15, -0.1) is 0 Å². The summed E-state index contributed by atoms with van der Waals surface area (Å²) in [5, 5.41) is 4.58. The molecule has 21 heavy (non-hydrogen) atoms. The van der Waals surface area contributed by atoms with Gasteiger partial charge in [0.2, 0.25) is 0 Å². The smallest absolute Gasteiger partial charge is 0.146 e. The molecule has 2 nitrogen and oxygen atoms in total. The Hall–Kier alpha value is -0.740. The molecule has 0 fully saturated rings. The summed E-state index contributed by atoms with van der Waals surface area (Å²) in [4.78, 5) is 0. The van der Waals surface area contributed by atoms with E-state index in [-0.39, 0.29) is 0 Å². The summed E-state index contributed by atoms with van der Waals surface area (Å²) in [6.07, 6.45) is 1.11. The molecule has 5 heteroatoms. The fourth-order valence-corrected chi connectivity index (χ4v) is 2.83. The molecule has 0 spiro atoms. The second kappa shape index (κ2) is 8.04. The van der Waals surface area contributed by atoms with E-state index in [1.54, 1.807) is 18.2 Å². The van der Waals surface area contributed by atoms with Gasteiger partial charge in [-0.25, -0.2) is 0 Å². The van der Waals surface area contributed by atoms with Crippen molar-refractivity contribution in [2.75, 3.05) is 6.54 Å². The molecule has 0 aromatic heterocycles. The van der Waals surface area contributed by atoms with Crippen LogP contribution < -0.4 is 10.1 Å². The van der Waals surface area contributed by atoms with Crippen LogP contribution in [0.4, 0.5) is 0 Å². The van der Waals surface area contributed by atoms with E-state index < -0.39 is 0 Å². The van der Waals surface area contributed by atoms with Crippen LogP contribution in [0.1, 0.15) is 18.9 Å². The standard InChI is InChI=1S/C16H16BrCl2NO/c1-2-7-20-10-11-3-5-16(14(19)8-11)21-15-6-4-12(18)9-13(15)17/h3-6,8-9,20H,2,7,10H2,1H3. The number of halogens is 3. The van der Waals surface area contributed by atoms with Gasteiger partial charge in [0, 0.05) is 11.6 Å². The van der Waals surface area contributed by atoms with Crippen molar-refractivity contribution < 1.29 is 4.74 Å². The molecular weight excluding hydrogens is 373 g/mol. The Kier molecular flexibility index (Phi) is 6.37. The molecule has 2 aromatic carbocycles. The minimum Gasteiger partial charge on any atom is -0.455 e. The Labute approximate surface area is 143 Å². The summed E-state index contributed by atoms with van der Waals surface area (Å²) in [5.74, 6) is 1.30. The summed E-state index contributed by atoms with van der Waals surface area (Å²) in [6, 6.07) is 11.2. The third-order valence-electron chi connectivity index (χ3n) is 2.87. The topological polar surface area (TPSA) is 21.3 Å². The van der Waals surface area contributed by atoms with Crippen molar-refractivity contribution in [3.05, 3.63) is 56.5 Å². The van der Waals surface area contributed by atoms with Crippen LogP contribution in [0.15, 0.2) is 40.9 Å². The van der Waals surface area contributed by atoms with Crippen molar-refractivity contribution in [3.63, 3.8) is 0 Å². The van der Waals surface area contributed by atoms with E-state index >= 15 is 0 Å². The minimum atomic E-state index is 0.590. The first-order chi connectivity index (χ1) is 10.1. The van der Waals surface area contributed by atoms with Crippen LogP contribution in [0, 0.1) is 0 Å². The predicted octanol–water partition coefficient (Wildman–Crippen LogP) is 6.05. The number of benzene rings is 2. The summed E-state index contributed by atoms with van der Waals surface area (Å²) >= 11 is 15.6. The van der Waals surface area contributed by atoms with Gasteiger partial charge in [0.1, 0.15) is 11.5 Å². The zero-order chi connectivity index (χ0) is 15.2. The maximum Gasteiger partial charge on any atom is 0.146 e. The van der Waals surface area contributed by atoms with Crippen LogP contribution >= 0.6 is 39.1 Å². The molecule has 112 valence electrons. The molecule has 2 aromatic rings. The Bertz CT molecular complexity index is 619. The van der Waals surface area contributed by atoms with Gasteiger partial charge in [0.25, 0.3) is 0 Å². The fourth-order valence-electron chi connectivity index (χ4n) is 1.82. The molecule has 1 N–H and O–H groups in total. The molecular formula is C16H16BrCl2NO. The van der Waals surface area contributed by atoms with Gasteiger partial charge in [0.15, 0.2) is 0 Å². The predicted molar refractivity (Wildman–Crippen MR) is 92.7 cm³/mol. The first kappa shape index (κ1) is 16.6. The quantitative estimate of drug-likeness (QED) is 0.608. The number of hydrogen-bond acceptors (Lipinski definition) is 2. The van der Waals surface area contributed by atoms with Gasteiger partial charge in [0.05, 0.1) is 9.50 Å². The number of hydrogen-bond donors (Lipinski definition) is 1. The molecule has 0 saturated carbocycles. The summed E-state index contributed by atoms with van der Waals surface area (Å²) in [7, 11) is 0. The highest BCUT2D eigenvalue weighted by Crippen LogP contribution is 2.35. The second-order valence-electron chi connectivity index (χ2n) is 4.62. The van der Waals surface area contributed by atoms with Crippen molar-refractivity contribution in [2.24, 2.45) is 0 Å². The average molecular weight is 389 g/mol. The van der Waals surface area contributed by atoms with Gasteiger partial charge in [-0.05, 0) is 64.8 Å². The Morgan fingerprint density at radius 3 is 2.52 bits per heavy atom. The van der Waals surface area contributed by atoms with E-state index in [4.69, 9.17) is 27.9 Å². The van der Waals surface area contributed by atoms with E-state index in [2.05, 4.69) is 28.2 Å². The monoisotopic (exact) mass is 387 g/mol. The van der Waals surface area contributed by atoms with Crippen molar-refractivity contribution >= 4 is 39.1 Å². The molecule has 0 aliphatic carbocycles. The van der Waals surface area contributed by atoms with Crippen molar-refractivity contribution in [1.29, 1.82) is 0 Å². The van der Waals surface area contributed by atoms with Crippen LogP contribution in [0.5, 0.6) is 11.5 Å². The van der Waals surface area contributed by atoms with E-state index in [9.17, 15) is 0 Å². The molecule has 0 amide bonds. The molecule has 0 atom stereocenters. The molecule has 0 radical (unpaired) electrons. The highest BCUT2D eigenvalue weighted by Gasteiger charge is 2.08. The highest BCUT2D eigenvalue weighted by atomic mass is 79.9. The maximum atomic E-state index is 6.28. The maximum absolute atomic E-state index is 6.28. The molecule has 0 saturated heterocycles. The van der Waals surface area contributed by atoms with Crippen LogP contribution in [0.2, 0.25) is 10.0 Å². The molecule has 0 aliphatic rings. The van der Waals surface area contributed by atoms with Crippen LogP contribution in [0.25, 0.3) is 0 Å². The van der Waals surface area contributed by atoms with Crippen molar-refractivity contribution in [2.45, 2.75) is 19.9 Å². The van der Waals surface area contributed by atoms with Gasteiger partial charge >= 0.3 is 0 Å². The van der Waals surface area contributed by atoms with E-state index in [0.717, 1.165) is 29.5 Å². The fraction of sp³-hybridized carbons (Fsp3) is 0.250. The van der Waals surface area contributed by atoms with Crippen molar-refractivity contribution in [3.8, 4) is 11.5 Å². The lowest BCUT2D eigenvalue weighted by molar-refractivity contribution is 0.479. The third-order valence-corrected chi connectivity index (χ3v) is 4.02. The van der Waals surface area contributed by atoms with Gasteiger partial charge in [-0.3, -0.25) is 0 Å². The largest absolute Gasteiger partial charge is 0.455 e. The van der Waals surface area contributed by atoms with Crippen LogP contribution in [-0.2, 0) is 6.54 Å². The Morgan fingerprint density at radius 1 is 1.10 bits per heavy atom. The second-order valence-corrected chi connectivity index (χ2v) is 6.32. The molecule has 2 rings (SSSR count). The molecule has 0 aliphatic heterocycles. The molecule has 0 unspecified atom stereocenters. The summed E-state index contributed by atoms with van der Waals surface area (Å²) in [5.41, 5.74) is 1.14. The van der Waals surface area contributed by atoms with E-state index in [1.165, 1.54) is 0 Å². The number of nitrogens with one attached hydrogen (secondary N) is 1. The molecule has 0 heterocycles. The normalized spacial score (nSPS) is 10.7. The van der Waals surface area contributed by atoms with Crippen LogP contribution in [-0.4, -0.2) is 6.54 Å². The first-order valence-electron chi connectivity index (χ1n) is 6.72. The van der Waals surface area contributed by atoms with Gasteiger partial charge in [-0.2, -0.15) is 0 Å². The van der Waals surface area contributed by atoms with E-state index in [1.807, 2.05) is 18.2 Å². The van der Waals surface area contributed by atoms with Gasteiger partial charge in [-0.1, -0.05) is 36.2 Å². The Morgan fingerprint density at radius 2 is 1.86 bits per heavy atom. The lowest BCUT2D eigenvalue weighted by atomic mass is 10.2. The Balaban J connectivity index is 2.10. The third kappa shape index (κ3) is 4.89. The lowest BCUT2D eigenvalue weighted by Gasteiger charge is -2.11. The van der Waals surface area contributed by atoms with E-state index in [0.29, 0.717) is 21.5 Å². The van der Waals surface area contributed by atoms with Crippen molar-refractivity contribution in [1.82, 2.24) is 5.32 Å².